The van der Waals surface area contributed by atoms with Gasteiger partial charge in [-0.1, -0.05) is 0 Å². The van der Waals surface area contributed by atoms with Gasteiger partial charge in [0.25, 0.3) is 11.6 Å². The van der Waals surface area contributed by atoms with E-state index in [9.17, 15) is 19.7 Å². The highest BCUT2D eigenvalue weighted by atomic mass is 32.2. The van der Waals surface area contributed by atoms with Gasteiger partial charge in [-0.2, -0.15) is 0 Å². The normalized spacial score (nSPS) is 13.7. The number of amides is 2. The highest BCUT2D eigenvalue weighted by Gasteiger charge is 2.23. The molecule has 1 aliphatic heterocycles. The number of carbonyl (C=O) groups is 2. The Bertz CT molecular complexity index is 867. The average Bonchev–Trinajstić information content (AvgIpc) is 3.07. The van der Waals surface area contributed by atoms with Gasteiger partial charge in [-0.3, -0.25) is 19.7 Å². The quantitative estimate of drug-likeness (QED) is 0.491. The molecule has 3 rings (SSSR count). The van der Waals surface area contributed by atoms with Gasteiger partial charge in [0.15, 0.2) is 0 Å². The van der Waals surface area contributed by atoms with Crippen LogP contribution in [0, 0.1) is 10.1 Å². The summed E-state index contributed by atoms with van der Waals surface area (Å²) in [6.07, 6.45) is 3.22. The predicted molar refractivity (Wildman–Crippen MR) is 101 cm³/mol. The molecule has 2 aromatic rings. The first kappa shape index (κ1) is 17.9. The third-order valence-corrected chi connectivity index (χ3v) is 4.88. The van der Waals surface area contributed by atoms with Crippen LogP contribution in [0.2, 0.25) is 0 Å². The Kier molecular flexibility index (Phi) is 5.22. The molecule has 1 heterocycles. The zero-order valence-electron chi connectivity index (χ0n) is 14.1. The van der Waals surface area contributed by atoms with E-state index >= 15 is 0 Å². The summed E-state index contributed by atoms with van der Waals surface area (Å²) in [6, 6.07) is 11.3. The van der Waals surface area contributed by atoms with E-state index in [0.29, 0.717) is 18.7 Å². The van der Waals surface area contributed by atoms with Crippen molar-refractivity contribution in [2.45, 2.75) is 17.7 Å². The van der Waals surface area contributed by atoms with E-state index in [1.807, 2.05) is 6.26 Å². The predicted octanol–water partition coefficient (Wildman–Crippen LogP) is 3.70. The van der Waals surface area contributed by atoms with Gasteiger partial charge in [0, 0.05) is 35.3 Å². The lowest BCUT2D eigenvalue weighted by Crippen LogP contribution is -2.23. The minimum absolute atomic E-state index is 0.0145. The zero-order chi connectivity index (χ0) is 18.7. The standard InChI is InChI=1S/C18H17N3O4S/c1-26-14-8-9-16(21(24)25)15(11-14)18(23)19-12-4-6-13(7-5-12)20-10-2-3-17(20)22/h4-9,11H,2-3,10H2,1H3,(H,19,23). The summed E-state index contributed by atoms with van der Waals surface area (Å²) >= 11 is 1.40. The highest BCUT2D eigenvalue weighted by Crippen LogP contribution is 2.27. The third kappa shape index (κ3) is 3.70. The lowest BCUT2D eigenvalue weighted by Gasteiger charge is -2.16. The van der Waals surface area contributed by atoms with Crippen molar-refractivity contribution in [1.82, 2.24) is 0 Å². The summed E-state index contributed by atoms with van der Waals surface area (Å²) in [5.41, 5.74) is 1.07. The molecule has 0 bridgehead atoms. The second-order valence-electron chi connectivity index (χ2n) is 5.79. The maximum absolute atomic E-state index is 12.5. The Hall–Kier alpha value is -2.87. The third-order valence-electron chi connectivity index (χ3n) is 4.16. The summed E-state index contributed by atoms with van der Waals surface area (Å²) in [7, 11) is 0. The van der Waals surface area contributed by atoms with Gasteiger partial charge in [-0.15, -0.1) is 11.8 Å². The van der Waals surface area contributed by atoms with Crippen LogP contribution in [-0.2, 0) is 4.79 Å². The molecule has 1 saturated heterocycles. The summed E-state index contributed by atoms with van der Waals surface area (Å²) < 4.78 is 0. The molecule has 2 aromatic carbocycles. The van der Waals surface area contributed by atoms with Crippen LogP contribution in [0.4, 0.5) is 17.1 Å². The Morgan fingerprint density at radius 3 is 2.54 bits per heavy atom. The number of rotatable bonds is 5. The number of nitro benzene ring substituents is 1. The molecule has 1 fully saturated rings. The molecule has 2 amide bonds. The van der Waals surface area contributed by atoms with Crippen LogP contribution in [0.1, 0.15) is 23.2 Å². The van der Waals surface area contributed by atoms with Crippen molar-refractivity contribution in [2.24, 2.45) is 0 Å². The summed E-state index contributed by atoms with van der Waals surface area (Å²) in [4.78, 5) is 37.4. The molecule has 8 heteroatoms. The Balaban J connectivity index is 1.80. The van der Waals surface area contributed by atoms with E-state index in [1.54, 1.807) is 35.2 Å². The summed E-state index contributed by atoms with van der Waals surface area (Å²) in [6.45, 7) is 0.693. The van der Waals surface area contributed by atoms with E-state index < -0.39 is 10.8 Å². The van der Waals surface area contributed by atoms with Crippen LogP contribution in [-0.4, -0.2) is 29.5 Å². The molecule has 0 saturated carbocycles. The monoisotopic (exact) mass is 371 g/mol. The van der Waals surface area contributed by atoms with Gasteiger partial charge in [-0.05, 0) is 49.1 Å². The van der Waals surface area contributed by atoms with E-state index in [-0.39, 0.29) is 17.2 Å². The molecule has 7 nitrogen and oxygen atoms in total. The van der Waals surface area contributed by atoms with Gasteiger partial charge >= 0.3 is 0 Å². The zero-order valence-corrected chi connectivity index (χ0v) is 14.9. The van der Waals surface area contributed by atoms with Crippen molar-refractivity contribution in [3.05, 3.63) is 58.1 Å². The number of anilines is 2. The number of carbonyl (C=O) groups excluding carboxylic acids is 2. The van der Waals surface area contributed by atoms with Gasteiger partial charge < -0.3 is 10.2 Å². The number of nitrogens with zero attached hydrogens (tertiary/aromatic N) is 2. The van der Waals surface area contributed by atoms with E-state index in [0.717, 1.165) is 17.0 Å². The average molecular weight is 371 g/mol. The van der Waals surface area contributed by atoms with Gasteiger partial charge in [0.1, 0.15) is 5.56 Å². The first-order valence-electron chi connectivity index (χ1n) is 8.04. The van der Waals surface area contributed by atoms with E-state index in [4.69, 9.17) is 0 Å². The number of hydrogen-bond donors (Lipinski definition) is 1. The first-order valence-corrected chi connectivity index (χ1v) is 9.26. The molecule has 0 aromatic heterocycles. The Morgan fingerprint density at radius 2 is 1.96 bits per heavy atom. The molecule has 26 heavy (non-hydrogen) atoms. The molecule has 1 aliphatic rings. The molecule has 0 atom stereocenters. The van der Waals surface area contributed by atoms with Crippen molar-refractivity contribution in [2.75, 3.05) is 23.0 Å². The van der Waals surface area contributed by atoms with E-state index in [2.05, 4.69) is 5.32 Å². The molecule has 0 unspecified atom stereocenters. The van der Waals surface area contributed by atoms with Crippen LogP contribution >= 0.6 is 11.8 Å². The topological polar surface area (TPSA) is 92.5 Å². The number of benzene rings is 2. The lowest BCUT2D eigenvalue weighted by atomic mass is 10.1. The fraction of sp³-hybridized carbons (Fsp3) is 0.222. The first-order chi connectivity index (χ1) is 12.5. The van der Waals surface area contributed by atoms with Gasteiger partial charge in [0.05, 0.1) is 4.92 Å². The van der Waals surface area contributed by atoms with Crippen LogP contribution in [0.25, 0.3) is 0 Å². The number of hydrogen-bond acceptors (Lipinski definition) is 5. The van der Waals surface area contributed by atoms with E-state index in [1.165, 1.54) is 23.9 Å². The van der Waals surface area contributed by atoms with Crippen LogP contribution < -0.4 is 10.2 Å². The van der Waals surface area contributed by atoms with Gasteiger partial charge in [-0.25, -0.2) is 0 Å². The maximum atomic E-state index is 12.5. The number of nitro groups is 1. The van der Waals surface area contributed by atoms with Crippen molar-refractivity contribution in [3.63, 3.8) is 0 Å². The van der Waals surface area contributed by atoms with Crippen molar-refractivity contribution >= 4 is 40.6 Å². The fourth-order valence-corrected chi connectivity index (χ4v) is 3.27. The van der Waals surface area contributed by atoms with Crippen molar-refractivity contribution < 1.29 is 14.5 Å². The number of nitrogens with one attached hydrogen (secondary N) is 1. The summed E-state index contributed by atoms with van der Waals surface area (Å²) in [5, 5.41) is 13.9. The van der Waals surface area contributed by atoms with Gasteiger partial charge in [0.2, 0.25) is 5.91 Å². The molecule has 1 N–H and O–H groups in total. The van der Waals surface area contributed by atoms with Crippen LogP contribution in [0.5, 0.6) is 0 Å². The fourth-order valence-electron chi connectivity index (χ4n) is 2.83. The Morgan fingerprint density at radius 1 is 1.23 bits per heavy atom. The maximum Gasteiger partial charge on any atom is 0.282 e. The molecule has 0 radical (unpaired) electrons. The van der Waals surface area contributed by atoms with Crippen molar-refractivity contribution in [1.29, 1.82) is 0 Å². The largest absolute Gasteiger partial charge is 0.322 e. The molecule has 0 aliphatic carbocycles. The molecular weight excluding hydrogens is 354 g/mol. The highest BCUT2D eigenvalue weighted by molar-refractivity contribution is 7.98. The lowest BCUT2D eigenvalue weighted by molar-refractivity contribution is -0.385. The van der Waals surface area contributed by atoms with Crippen molar-refractivity contribution in [3.8, 4) is 0 Å². The van der Waals surface area contributed by atoms with Crippen LogP contribution in [0.15, 0.2) is 47.4 Å². The Labute approximate surface area is 154 Å². The van der Waals surface area contributed by atoms with Crippen LogP contribution in [0.3, 0.4) is 0 Å². The smallest absolute Gasteiger partial charge is 0.282 e. The summed E-state index contributed by atoms with van der Waals surface area (Å²) in [5.74, 6) is -0.455. The SMILES string of the molecule is CSc1ccc([N+](=O)[O-])c(C(=O)Nc2ccc(N3CCCC3=O)cc2)c1. The minimum atomic E-state index is -0.568. The second-order valence-corrected chi connectivity index (χ2v) is 6.67. The second kappa shape index (κ2) is 7.57. The molecule has 134 valence electrons. The number of thioether (sulfide) groups is 1. The minimum Gasteiger partial charge on any atom is -0.322 e. The molecule has 0 spiro atoms. The molecular formula is C18H17N3O4S.